The number of methoxy groups -OCH3 is 1. The molecular formula is C22H23N3O4S2. The molecule has 0 bridgehead atoms. The number of benzene rings is 2. The first-order valence-corrected chi connectivity index (χ1v) is 12.1. The van der Waals surface area contributed by atoms with Crippen LogP contribution in [0.15, 0.2) is 64.0 Å². The molecule has 9 heteroatoms. The molecule has 1 unspecified atom stereocenters. The summed E-state index contributed by atoms with van der Waals surface area (Å²) >= 11 is 1.11. The molecule has 2 aliphatic rings. The van der Waals surface area contributed by atoms with Gasteiger partial charge in [0.15, 0.2) is 0 Å². The lowest BCUT2D eigenvalue weighted by atomic mass is 10.0. The molecule has 2 aromatic rings. The van der Waals surface area contributed by atoms with Gasteiger partial charge in [0, 0.05) is 13.1 Å². The van der Waals surface area contributed by atoms with Gasteiger partial charge < -0.3 is 14.4 Å². The van der Waals surface area contributed by atoms with E-state index in [1.165, 1.54) is 3.71 Å². The van der Waals surface area contributed by atoms with Crippen molar-refractivity contribution >= 4 is 22.0 Å². The number of morpholine rings is 1. The van der Waals surface area contributed by atoms with Crippen molar-refractivity contribution < 1.29 is 17.9 Å². The zero-order valence-corrected chi connectivity index (χ0v) is 18.9. The molecule has 0 saturated carbocycles. The molecule has 2 aliphatic heterocycles. The van der Waals surface area contributed by atoms with Crippen molar-refractivity contribution in [3.05, 3.63) is 70.3 Å². The van der Waals surface area contributed by atoms with Crippen molar-refractivity contribution in [2.24, 2.45) is 0 Å². The van der Waals surface area contributed by atoms with Gasteiger partial charge in [0.2, 0.25) is 0 Å². The molecular weight excluding hydrogens is 434 g/mol. The molecule has 2 heterocycles. The summed E-state index contributed by atoms with van der Waals surface area (Å²) in [7, 11) is -2.29. The Hall–Kier alpha value is -2.51. The lowest BCUT2D eigenvalue weighted by molar-refractivity contribution is 0.0574. The van der Waals surface area contributed by atoms with Crippen molar-refractivity contribution in [3.8, 4) is 11.8 Å². The Morgan fingerprint density at radius 2 is 1.74 bits per heavy atom. The third-order valence-corrected chi connectivity index (χ3v) is 8.70. The van der Waals surface area contributed by atoms with Crippen LogP contribution in [0.4, 0.5) is 0 Å². The Kier molecular flexibility index (Phi) is 6.25. The minimum Gasteiger partial charge on any atom is -0.497 e. The van der Waals surface area contributed by atoms with E-state index < -0.39 is 16.1 Å². The monoisotopic (exact) mass is 457 g/mol. The van der Waals surface area contributed by atoms with Crippen molar-refractivity contribution in [1.29, 1.82) is 5.26 Å². The SMILES string of the molecule is COc1ccc(C2C(C#N)=C(N3CCOCC3)SN2S(=O)(=O)c2ccc(C)cc2)cc1. The quantitative estimate of drug-likeness (QED) is 0.636. The standard InChI is InChI=1S/C22H23N3O4S2/c1-16-3-9-19(10-4-16)31(26,27)25-21(17-5-7-18(28-2)8-6-17)20(15-23)22(30-25)24-11-13-29-14-12-24/h3-10,21H,11-14H2,1-2H3. The van der Waals surface area contributed by atoms with Gasteiger partial charge in [-0.15, -0.1) is 3.71 Å². The molecule has 31 heavy (non-hydrogen) atoms. The summed E-state index contributed by atoms with van der Waals surface area (Å²) < 4.78 is 39.3. The molecule has 0 amide bonds. The number of rotatable bonds is 5. The Balaban J connectivity index is 1.81. The highest BCUT2D eigenvalue weighted by Gasteiger charge is 2.45. The maximum atomic E-state index is 13.6. The molecule has 162 valence electrons. The summed E-state index contributed by atoms with van der Waals surface area (Å²) in [5.74, 6) is 0.665. The van der Waals surface area contributed by atoms with Crippen LogP contribution in [0.25, 0.3) is 0 Å². The fourth-order valence-electron chi connectivity index (χ4n) is 3.59. The van der Waals surface area contributed by atoms with E-state index in [1.54, 1.807) is 55.6 Å². The van der Waals surface area contributed by atoms with Crippen molar-refractivity contribution in [2.45, 2.75) is 17.9 Å². The highest BCUT2D eigenvalue weighted by Crippen LogP contribution is 2.50. The highest BCUT2D eigenvalue weighted by molar-refractivity contribution is 8.11. The van der Waals surface area contributed by atoms with E-state index >= 15 is 0 Å². The number of nitrogens with zero attached hydrogens (tertiary/aromatic N) is 3. The van der Waals surface area contributed by atoms with Crippen LogP contribution in [-0.2, 0) is 14.8 Å². The molecule has 4 rings (SSSR count). The maximum Gasteiger partial charge on any atom is 0.253 e. The number of nitriles is 1. The average molecular weight is 458 g/mol. The minimum absolute atomic E-state index is 0.199. The van der Waals surface area contributed by atoms with Gasteiger partial charge in [-0.3, -0.25) is 0 Å². The third-order valence-electron chi connectivity index (χ3n) is 5.30. The Bertz CT molecular complexity index is 1120. The first kappa shape index (κ1) is 21.7. The van der Waals surface area contributed by atoms with Gasteiger partial charge in [-0.2, -0.15) is 5.26 Å². The molecule has 2 aromatic carbocycles. The van der Waals surface area contributed by atoms with E-state index in [2.05, 4.69) is 6.07 Å². The number of hydrogen-bond acceptors (Lipinski definition) is 7. The number of ether oxygens (including phenoxy) is 2. The third kappa shape index (κ3) is 4.16. The lowest BCUT2D eigenvalue weighted by Crippen LogP contribution is -2.35. The molecule has 0 radical (unpaired) electrons. The van der Waals surface area contributed by atoms with Gasteiger partial charge in [-0.25, -0.2) is 8.42 Å². The second-order valence-electron chi connectivity index (χ2n) is 7.27. The number of sulfonamides is 1. The lowest BCUT2D eigenvalue weighted by Gasteiger charge is -2.29. The summed E-state index contributed by atoms with van der Waals surface area (Å²) in [5, 5.41) is 10.7. The Morgan fingerprint density at radius 1 is 1.10 bits per heavy atom. The van der Waals surface area contributed by atoms with Crippen LogP contribution in [0.2, 0.25) is 0 Å². The summed E-state index contributed by atoms with van der Waals surface area (Å²) in [6.45, 7) is 4.22. The van der Waals surface area contributed by atoms with E-state index in [9.17, 15) is 13.7 Å². The molecule has 7 nitrogen and oxygen atoms in total. The van der Waals surface area contributed by atoms with Gasteiger partial charge in [0.25, 0.3) is 10.0 Å². The average Bonchev–Trinajstić information content (AvgIpc) is 3.20. The molecule has 1 saturated heterocycles. The summed E-state index contributed by atoms with van der Waals surface area (Å²) in [4.78, 5) is 2.23. The predicted molar refractivity (Wildman–Crippen MR) is 119 cm³/mol. The zero-order valence-electron chi connectivity index (χ0n) is 17.3. The molecule has 0 aliphatic carbocycles. The largest absolute Gasteiger partial charge is 0.497 e. The zero-order chi connectivity index (χ0) is 22.0. The molecule has 0 aromatic heterocycles. The number of hydrogen-bond donors (Lipinski definition) is 0. The normalized spacial score (nSPS) is 20.0. The predicted octanol–water partition coefficient (Wildman–Crippen LogP) is 3.46. The highest BCUT2D eigenvalue weighted by atomic mass is 32.3. The van der Waals surface area contributed by atoms with Crippen LogP contribution >= 0.6 is 11.9 Å². The van der Waals surface area contributed by atoms with E-state index in [0.29, 0.717) is 48.2 Å². The molecule has 0 N–H and O–H groups in total. The van der Waals surface area contributed by atoms with Crippen LogP contribution in [0.5, 0.6) is 5.75 Å². The first-order valence-electron chi connectivity index (χ1n) is 9.85. The maximum absolute atomic E-state index is 13.6. The van der Waals surface area contributed by atoms with Crippen LogP contribution in [-0.4, -0.2) is 50.4 Å². The molecule has 1 atom stereocenters. The fourth-order valence-corrected chi connectivity index (χ4v) is 6.70. The second kappa shape index (κ2) is 8.93. The van der Waals surface area contributed by atoms with Crippen LogP contribution < -0.4 is 4.74 Å². The summed E-state index contributed by atoms with van der Waals surface area (Å²) in [5.41, 5.74) is 2.11. The van der Waals surface area contributed by atoms with Gasteiger partial charge in [-0.1, -0.05) is 29.8 Å². The van der Waals surface area contributed by atoms with Crippen LogP contribution in [0, 0.1) is 18.3 Å². The van der Waals surface area contributed by atoms with E-state index in [-0.39, 0.29) is 4.90 Å². The van der Waals surface area contributed by atoms with Gasteiger partial charge >= 0.3 is 0 Å². The topological polar surface area (TPSA) is 82.9 Å². The fraction of sp³-hybridized carbons (Fsp3) is 0.318. The Labute approximate surface area is 187 Å². The van der Waals surface area contributed by atoms with Crippen LogP contribution in [0.1, 0.15) is 17.2 Å². The van der Waals surface area contributed by atoms with Crippen LogP contribution in [0.3, 0.4) is 0 Å². The molecule has 1 fully saturated rings. The van der Waals surface area contributed by atoms with E-state index in [1.807, 2.05) is 11.8 Å². The Morgan fingerprint density at radius 3 is 2.32 bits per heavy atom. The summed E-state index contributed by atoms with van der Waals surface area (Å²) in [6, 6.07) is 15.5. The van der Waals surface area contributed by atoms with Crippen molar-refractivity contribution in [2.75, 3.05) is 33.4 Å². The van der Waals surface area contributed by atoms with Gasteiger partial charge in [0.1, 0.15) is 10.8 Å². The number of aryl methyl sites for hydroxylation is 1. The van der Waals surface area contributed by atoms with E-state index in [0.717, 1.165) is 17.5 Å². The summed E-state index contributed by atoms with van der Waals surface area (Å²) in [6.07, 6.45) is 0. The first-order chi connectivity index (χ1) is 15.0. The van der Waals surface area contributed by atoms with Gasteiger partial charge in [0.05, 0.1) is 42.9 Å². The smallest absolute Gasteiger partial charge is 0.253 e. The second-order valence-corrected chi connectivity index (χ2v) is 10.3. The van der Waals surface area contributed by atoms with E-state index in [4.69, 9.17) is 9.47 Å². The molecule has 0 spiro atoms. The van der Waals surface area contributed by atoms with Crippen molar-refractivity contribution in [3.63, 3.8) is 0 Å². The van der Waals surface area contributed by atoms with Gasteiger partial charge in [-0.05, 0) is 48.7 Å². The minimum atomic E-state index is -3.87. The van der Waals surface area contributed by atoms with Crippen molar-refractivity contribution in [1.82, 2.24) is 8.61 Å².